The van der Waals surface area contributed by atoms with Crippen molar-refractivity contribution in [2.75, 3.05) is 13.3 Å². The molecule has 1 aliphatic rings. The molecule has 2 N–H and O–H groups in total. The molecule has 3 rings (SSSR count). The molecule has 1 aliphatic heterocycles. The number of nitrogens with one attached hydrogen (secondary N) is 2. The molecule has 0 saturated carbocycles. The first-order chi connectivity index (χ1) is 11.7. The van der Waals surface area contributed by atoms with Crippen LogP contribution in [0.4, 0.5) is 0 Å². The largest absolute Gasteiger partial charge is 0.454 e. The van der Waals surface area contributed by atoms with Crippen molar-refractivity contribution in [3.63, 3.8) is 0 Å². The number of carbonyl (C=O) groups is 2. The average Bonchev–Trinajstić information content (AvgIpc) is 3.08. The minimum atomic E-state index is -0.652. The third kappa shape index (κ3) is 4.04. The van der Waals surface area contributed by atoms with Gasteiger partial charge >= 0.3 is 11.8 Å². The molecular weight excluding hydrogens is 308 g/mol. The van der Waals surface area contributed by atoms with Crippen LogP contribution in [0.5, 0.6) is 11.5 Å². The Morgan fingerprint density at radius 2 is 1.62 bits per heavy atom. The van der Waals surface area contributed by atoms with Gasteiger partial charge in [0.1, 0.15) is 0 Å². The van der Waals surface area contributed by atoms with Crippen molar-refractivity contribution in [2.24, 2.45) is 0 Å². The average molecular weight is 326 g/mol. The van der Waals surface area contributed by atoms with Crippen LogP contribution in [-0.4, -0.2) is 25.2 Å². The minimum Gasteiger partial charge on any atom is -0.454 e. The normalized spacial score (nSPS) is 11.8. The maximum atomic E-state index is 11.8. The van der Waals surface area contributed by atoms with Crippen LogP contribution in [0.1, 0.15) is 11.1 Å². The Morgan fingerprint density at radius 1 is 0.875 bits per heavy atom. The summed E-state index contributed by atoms with van der Waals surface area (Å²) in [6, 6.07) is 15.2. The van der Waals surface area contributed by atoms with E-state index in [9.17, 15) is 9.59 Å². The molecule has 0 aliphatic carbocycles. The molecule has 2 amide bonds. The van der Waals surface area contributed by atoms with E-state index in [-0.39, 0.29) is 13.3 Å². The molecule has 2 aromatic carbocycles. The number of amides is 2. The molecule has 6 heteroatoms. The van der Waals surface area contributed by atoms with E-state index in [2.05, 4.69) is 10.6 Å². The van der Waals surface area contributed by atoms with E-state index in [4.69, 9.17) is 9.47 Å². The number of carbonyl (C=O) groups excluding carboxylic acids is 2. The first-order valence-electron chi connectivity index (χ1n) is 7.71. The Bertz CT molecular complexity index is 731. The number of ether oxygens (including phenoxy) is 2. The van der Waals surface area contributed by atoms with Crippen molar-refractivity contribution in [3.05, 3.63) is 59.7 Å². The van der Waals surface area contributed by atoms with Gasteiger partial charge in [-0.3, -0.25) is 9.59 Å². The van der Waals surface area contributed by atoms with E-state index < -0.39 is 11.8 Å². The van der Waals surface area contributed by atoms with Crippen molar-refractivity contribution in [1.82, 2.24) is 10.6 Å². The van der Waals surface area contributed by atoms with Crippen LogP contribution in [0, 0.1) is 0 Å². The number of rotatable bonds is 5. The maximum Gasteiger partial charge on any atom is 0.309 e. The lowest BCUT2D eigenvalue weighted by Crippen LogP contribution is -2.40. The monoisotopic (exact) mass is 326 g/mol. The lowest BCUT2D eigenvalue weighted by atomic mass is 10.1. The van der Waals surface area contributed by atoms with Crippen LogP contribution >= 0.6 is 0 Å². The Morgan fingerprint density at radius 3 is 2.46 bits per heavy atom. The van der Waals surface area contributed by atoms with Crippen LogP contribution in [0.2, 0.25) is 0 Å². The molecule has 0 fully saturated rings. The summed E-state index contributed by atoms with van der Waals surface area (Å²) in [6.45, 7) is 0.872. The lowest BCUT2D eigenvalue weighted by molar-refractivity contribution is -0.139. The zero-order valence-electron chi connectivity index (χ0n) is 13.1. The summed E-state index contributed by atoms with van der Waals surface area (Å²) >= 11 is 0. The van der Waals surface area contributed by atoms with Gasteiger partial charge in [-0.25, -0.2) is 0 Å². The zero-order valence-corrected chi connectivity index (χ0v) is 13.1. The van der Waals surface area contributed by atoms with Gasteiger partial charge in [-0.05, 0) is 29.7 Å². The van der Waals surface area contributed by atoms with Crippen molar-refractivity contribution < 1.29 is 19.1 Å². The summed E-state index contributed by atoms with van der Waals surface area (Å²) in [4.78, 5) is 23.6. The third-order valence-electron chi connectivity index (χ3n) is 3.64. The van der Waals surface area contributed by atoms with Crippen LogP contribution in [0.15, 0.2) is 48.5 Å². The second kappa shape index (κ2) is 7.50. The van der Waals surface area contributed by atoms with Crippen LogP contribution in [0.25, 0.3) is 0 Å². The van der Waals surface area contributed by atoms with Gasteiger partial charge in [0.25, 0.3) is 0 Å². The fraction of sp³-hybridized carbons (Fsp3) is 0.222. The van der Waals surface area contributed by atoms with Crippen molar-refractivity contribution in [3.8, 4) is 11.5 Å². The molecule has 0 aromatic heterocycles. The van der Waals surface area contributed by atoms with E-state index in [0.717, 1.165) is 11.1 Å². The molecule has 0 saturated heterocycles. The molecule has 0 spiro atoms. The maximum absolute atomic E-state index is 11.8. The predicted molar refractivity (Wildman–Crippen MR) is 87.6 cm³/mol. The highest BCUT2D eigenvalue weighted by atomic mass is 16.7. The Kier molecular flexibility index (Phi) is 4.96. The Labute approximate surface area is 139 Å². The van der Waals surface area contributed by atoms with Gasteiger partial charge in [0.05, 0.1) is 0 Å². The Hall–Kier alpha value is -3.02. The molecule has 0 atom stereocenters. The first-order valence-corrected chi connectivity index (χ1v) is 7.71. The number of hydrogen-bond acceptors (Lipinski definition) is 4. The first kappa shape index (κ1) is 15.9. The third-order valence-corrected chi connectivity index (χ3v) is 3.64. The number of benzene rings is 2. The smallest absolute Gasteiger partial charge is 0.309 e. The molecule has 2 aromatic rings. The van der Waals surface area contributed by atoms with Crippen LogP contribution in [-0.2, 0) is 22.6 Å². The predicted octanol–water partition coefficient (Wildman–Crippen LogP) is 1.39. The summed E-state index contributed by atoms with van der Waals surface area (Å²) in [7, 11) is 0. The highest BCUT2D eigenvalue weighted by molar-refractivity contribution is 6.35. The van der Waals surface area contributed by atoms with Crippen LogP contribution in [0.3, 0.4) is 0 Å². The highest BCUT2D eigenvalue weighted by Crippen LogP contribution is 2.32. The zero-order chi connectivity index (χ0) is 16.8. The fourth-order valence-corrected chi connectivity index (χ4v) is 2.36. The van der Waals surface area contributed by atoms with Gasteiger partial charge in [0.15, 0.2) is 11.5 Å². The standard InChI is InChI=1S/C18H18N2O4/c21-17(19-9-8-13-4-2-1-3-5-13)18(22)20-11-14-6-7-15-16(10-14)24-12-23-15/h1-7,10H,8-9,11-12H2,(H,19,21)(H,20,22). The second-order valence-electron chi connectivity index (χ2n) is 5.36. The SMILES string of the molecule is O=C(NCCc1ccccc1)C(=O)NCc1ccc2c(c1)OCO2. The van der Waals surface area contributed by atoms with E-state index in [1.54, 1.807) is 12.1 Å². The summed E-state index contributed by atoms with van der Waals surface area (Å²) in [6.07, 6.45) is 0.683. The van der Waals surface area contributed by atoms with Gasteiger partial charge in [-0.1, -0.05) is 36.4 Å². The summed E-state index contributed by atoms with van der Waals surface area (Å²) in [5.74, 6) is 0.0465. The van der Waals surface area contributed by atoms with Crippen molar-refractivity contribution >= 4 is 11.8 Å². The second-order valence-corrected chi connectivity index (χ2v) is 5.36. The number of fused-ring (bicyclic) bond motifs is 1. The van der Waals surface area contributed by atoms with E-state index in [0.29, 0.717) is 24.5 Å². The molecule has 0 bridgehead atoms. The van der Waals surface area contributed by atoms with Gasteiger partial charge in [-0.2, -0.15) is 0 Å². The molecule has 0 unspecified atom stereocenters. The van der Waals surface area contributed by atoms with E-state index >= 15 is 0 Å². The van der Waals surface area contributed by atoms with E-state index in [1.807, 2.05) is 36.4 Å². The van der Waals surface area contributed by atoms with Gasteiger partial charge in [-0.15, -0.1) is 0 Å². The lowest BCUT2D eigenvalue weighted by Gasteiger charge is -2.07. The topological polar surface area (TPSA) is 76.7 Å². The fourth-order valence-electron chi connectivity index (χ4n) is 2.36. The van der Waals surface area contributed by atoms with Crippen LogP contribution < -0.4 is 20.1 Å². The summed E-state index contributed by atoms with van der Waals surface area (Å²) in [5, 5.41) is 5.20. The molecule has 0 radical (unpaired) electrons. The molecular formula is C18H18N2O4. The summed E-state index contributed by atoms with van der Waals surface area (Å²) < 4.78 is 10.5. The van der Waals surface area contributed by atoms with Crippen molar-refractivity contribution in [2.45, 2.75) is 13.0 Å². The van der Waals surface area contributed by atoms with Gasteiger partial charge in [0.2, 0.25) is 6.79 Å². The molecule has 6 nitrogen and oxygen atoms in total. The molecule has 1 heterocycles. The minimum absolute atomic E-state index is 0.203. The van der Waals surface area contributed by atoms with Gasteiger partial charge < -0.3 is 20.1 Å². The molecule has 124 valence electrons. The molecule has 24 heavy (non-hydrogen) atoms. The summed E-state index contributed by atoms with van der Waals surface area (Å²) in [5.41, 5.74) is 1.95. The highest BCUT2D eigenvalue weighted by Gasteiger charge is 2.15. The quantitative estimate of drug-likeness (QED) is 0.814. The van der Waals surface area contributed by atoms with Gasteiger partial charge in [0, 0.05) is 13.1 Å². The van der Waals surface area contributed by atoms with E-state index in [1.165, 1.54) is 0 Å². The number of hydrogen-bond donors (Lipinski definition) is 2. The van der Waals surface area contributed by atoms with Crippen molar-refractivity contribution in [1.29, 1.82) is 0 Å². The Balaban J connectivity index is 1.42.